The first-order chi connectivity index (χ1) is 9.10. The minimum absolute atomic E-state index is 0.137. The van der Waals surface area contributed by atoms with E-state index >= 15 is 0 Å². The first-order valence-electron chi connectivity index (χ1n) is 4.84. The minimum atomic E-state index is -5.88. The van der Waals surface area contributed by atoms with Gasteiger partial charge in [0.15, 0.2) is 5.75 Å². The van der Waals surface area contributed by atoms with Crippen LogP contribution in [-0.2, 0) is 10.1 Å². The lowest BCUT2D eigenvalue weighted by Crippen LogP contribution is -2.28. The Morgan fingerprint density at radius 3 is 2.45 bits per heavy atom. The standard InChI is InChI=1S/C10H4ClF3O5S/c11-5-1-2-6-7(3-5)18-9(15)4-8(6)19-20(16,17)10(12,13)14/h1-4H. The van der Waals surface area contributed by atoms with Crippen molar-refractivity contribution in [3.8, 4) is 5.75 Å². The molecule has 108 valence electrons. The summed E-state index contributed by atoms with van der Waals surface area (Å²) in [5, 5.41) is 0.0123. The number of halogens is 4. The lowest BCUT2D eigenvalue weighted by molar-refractivity contribution is -0.0499. The third-order valence-electron chi connectivity index (χ3n) is 2.15. The highest BCUT2D eigenvalue weighted by Crippen LogP contribution is 2.31. The molecule has 20 heavy (non-hydrogen) atoms. The van der Waals surface area contributed by atoms with E-state index in [1.54, 1.807) is 0 Å². The third-order valence-corrected chi connectivity index (χ3v) is 3.35. The number of fused-ring (bicyclic) bond motifs is 1. The van der Waals surface area contributed by atoms with Gasteiger partial charge in [0.05, 0.1) is 11.5 Å². The predicted octanol–water partition coefficient (Wildman–Crippen LogP) is 2.67. The number of hydrogen-bond donors (Lipinski definition) is 0. The lowest BCUT2D eigenvalue weighted by Gasteiger charge is -2.10. The van der Waals surface area contributed by atoms with Crippen LogP contribution >= 0.6 is 11.6 Å². The molecule has 1 aromatic carbocycles. The lowest BCUT2D eigenvalue weighted by atomic mass is 10.2. The van der Waals surface area contributed by atoms with Gasteiger partial charge < -0.3 is 8.60 Å². The molecule has 0 saturated carbocycles. The maximum Gasteiger partial charge on any atom is 0.534 e. The molecule has 0 bridgehead atoms. The highest BCUT2D eigenvalue weighted by atomic mass is 35.5. The summed E-state index contributed by atoms with van der Waals surface area (Å²) in [6.45, 7) is 0. The first-order valence-corrected chi connectivity index (χ1v) is 6.63. The Hall–Kier alpha value is -1.74. The molecule has 2 aromatic rings. The van der Waals surface area contributed by atoms with E-state index in [0.717, 1.165) is 6.07 Å². The van der Waals surface area contributed by atoms with Gasteiger partial charge in [0, 0.05) is 11.1 Å². The van der Waals surface area contributed by atoms with Gasteiger partial charge in [-0.2, -0.15) is 21.6 Å². The molecular weight excluding hydrogens is 325 g/mol. The second-order valence-electron chi connectivity index (χ2n) is 3.55. The van der Waals surface area contributed by atoms with Crippen LogP contribution in [0.25, 0.3) is 11.0 Å². The van der Waals surface area contributed by atoms with Crippen LogP contribution in [0.2, 0.25) is 5.02 Å². The molecule has 0 radical (unpaired) electrons. The van der Waals surface area contributed by atoms with E-state index in [4.69, 9.17) is 11.6 Å². The fraction of sp³-hybridized carbons (Fsp3) is 0.100. The Morgan fingerprint density at radius 2 is 1.85 bits per heavy atom. The molecule has 2 rings (SSSR count). The normalized spacial score (nSPS) is 12.6. The smallest absolute Gasteiger partial charge is 0.422 e. The zero-order valence-electron chi connectivity index (χ0n) is 9.27. The fourth-order valence-corrected chi connectivity index (χ4v) is 1.97. The van der Waals surface area contributed by atoms with Crippen LogP contribution in [0.5, 0.6) is 5.75 Å². The van der Waals surface area contributed by atoms with Crippen LogP contribution in [0.15, 0.2) is 33.5 Å². The summed E-state index contributed by atoms with van der Waals surface area (Å²) in [7, 11) is -5.88. The largest absolute Gasteiger partial charge is 0.534 e. The minimum Gasteiger partial charge on any atom is -0.422 e. The van der Waals surface area contributed by atoms with Crippen molar-refractivity contribution < 1.29 is 30.2 Å². The Morgan fingerprint density at radius 1 is 1.20 bits per heavy atom. The van der Waals surface area contributed by atoms with Crippen molar-refractivity contribution in [2.24, 2.45) is 0 Å². The van der Waals surface area contributed by atoms with Gasteiger partial charge in [0.2, 0.25) is 0 Å². The number of rotatable bonds is 2. The molecule has 0 amide bonds. The van der Waals surface area contributed by atoms with Crippen molar-refractivity contribution in [3.05, 3.63) is 39.7 Å². The molecule has 1 heterocycles. The molecule has 0 saturated heterocycles. The van der Waals surface area contributed by atoms with Gasteiger partial charge in [-0.05, 0) is 12.1 Å². The average molecular weight is 329 g/mol. The monoisotopic (exact) mass is 328 g/mol. The quantitative estimate of drug-likeness (QED) is 0.481. The van der Waals surface area contributed by atoms with Gasteiger partial charge in [-0.25, -0.2) is 4.79 Å². The number of hydrogen-bond acceptors (Lipinski definition) is 5. The summed E-state index contributed by atoms with van der Waals surface area (Å²) < 4.78 is 67.3. The summed E-state index contributed by atoms with van der Waals surface area (Å²) in [6.07, 6.45) is 0. The zero-order valence-corrected chi connectivity index (χ0v) is 10.8. The highest BCUT2D eigenvalue weighted by Gasteiger charge is 2.48. The van der Waals surface area contributed by atoms with Crippen LogP contribution in [0, 0.1) is 0 Å². The molecule has 0 aliphatic carbocycles. The van der Waals surface area contributed by atoms with E-state index in [1.165, 1.54) is 12.1 Å². The van der Waals surface area contributed by atoms with Crippen LogP contribution in [0.4, 0.5) is 13.2 Å². The van der Waals surface area contributed by atoms with E-state index in [-0.39, 0.29) is 16.0 Å². The topological polar surface area (TPSA) is 73.6 Å². The molecule has 0 aliphatic heterocycles. The van der Waals surface area contributed by atoms with Gasteiger partial charge in [-0.3, -0.25) is 0 Å². The summed E-state index contributed by atoms with van der Waals surface area (Å²) in [5.41, 5.74) is -6.88. The van der Waals surface area contributed by atoms with E-state index in [1.807, 2.05) is 0 Å². The second kappa shape index (κ2) is 4.67. The fourth-order valence-electron chi connectivity index (χ4n) is 1.34. The Labute approximate surface area is 114 Å². The van der Waals surface area contributed by atoms with Crippen molar-refractivity contribution in [1.82, 2.24) is 0 Å². The van der Waals surface area contributed by atoms with Crippen molar-refractivity contribution in [3.63, 3.8) is 0 Å². The Kier molecular flexibility index (Phi) is 3.42. The molecule has 10 heteroatoms. The van der Waals surface area contributed by atoms with Gasteiger partial charge in [-0.1, -0.05) is 11.6 Å². The Balaban J connectivity index is 2.64. The van der Waals surface area contributed by atoms with Crippen molar-refractivity contribution >= 4 is 32.7 Å². The molecule has 0 atom stereocenters. The molecule has 0 unspecified atom stereocenters. The van der Waals surface area contributed by atoms with Gasteiger partial charge in [0.25, 0.3) is 0 Å². The molecule has 0 N–H and O–H groups in total. The van der Waals surface area contributed by atoms with E-state index < -0.39 is 27.0 Å². The molecule has 0 fully saturated rings. The van der Waals surface area contributed by atoms with Crippen molar-refractivity contribution in [2.75, 3.05) is 0 Å². The van der Waals surface area contributed by atoms with Crippen molar-refractivity contribution in [2.45, 2.75) is 5.51 Å². The molecule has 5 nitrogen and oxygen atoms in total. The molecule has 1 aromatic heterocycles. The van der Waals surface area contributed by atoms with Gasteiger partial charge >= 0.3 is 21.3 Å². The van der Waals surface area contributed by atoms with Crippen LogP contribution in [0.3, 0.4) is 0 Å². The Bertz CT molecular complexity index is 825. The molecule has 0 aliphatic rings. The first kappa shape index (κ1) is 14.7. The van der Waals surface area contributed by atoms with Crippen LogP contribution in [-0.4, -0.2) is 13.9 Å². The zero-order chi connectivity index (χ0) is 15.1. The summed E-state index contributed by atoms with van der Waals surface area (Å²) in [4.78, 5) is 11.2. The number of benzene rings is 1. The maximum atomic E-state index is 12.2. The van der Waals surface area contributed by atoms with Crippen LogP contribution in [0.1, 0.15) is 0 Å². The maximum absolute atomic E-state index is 12.2. The SMILES string of the molecule is O=c1cc(OS(=O)(=O)C(F)(F)F)c2ccc(Cl)cc2o1. The van der Waals surface area contributed by atoms with Gasteiger partial charge in [-0.15, -0.1) is 0 Å². The molecule has 0 spiro atoms. The summed E-state index contributed by atoms with van der Waals surface area (Å²) in [6, 6.07) is 4.09. The van der Waals surface area contributed by atoms with Gasteiger partial charge in [0.1, 0.15) is 5.58 Å². The average Bonchev–Trinajstić information content (AvgIpc) is 2.25. The van der Waals surface area contributed by atoms with Crippen molar-refractivity contribution in [1.29, 1.82) is 0 Å². The summed E-state index contributed by atoms with van der Waals surface area (Å²) >= 11 is 5.63. The second-order valence-corrected chi connectivity index (χ2v) is 5.53. The van der Waals surface area contributed by atoms with Crippen LogP contribution < -0.4 is 9.81 Å². The van der Waals surface area contributed by atoms with E-state index in [2.05, 4.69) is 8.60 Å². The third kappa shape index (κ3) is 2.73. The van der Waals surface area contributed by atoms with E-state index in [0.29, 0.717) is 6.07 Å². The highest BCUT2D eigenvalue weighted by molar-refractivity contribution is 7.88. The predicted molar refractivity (Wildman–Crippen MR) is 63.1 cm³/mol. The number of alkyl halides is 3. The van der Waals surface area contributed by atoms with E-state index in [9.17, 15) is 26.4 Å². The molecular formula is C10H4ClF3O5S. The summed E-state index contributed by atoms with van der Waals surface area (Å²) in [5.74, 6) is -0.787.